The highest BCUT2D eigenvalue weighted by molar-refractivity contribution is 14.1. The van der Waals surface area contributed by atoms with Crippen molar-refractivity contribution < 1.29 is 33.9 Å². The largest absolute Gasteiger partial charge is 0.504 e. The third-order valence-electron chi connectivity index (χ3n) is 8.49. The number of amides is 2. The predicted molar refractivity (Wildman–Crippen MR) is 154 cm³/mol. The maximum absolute atomic E-state index is 13.9. The number of nitrogens with zero attached hydrogens (tertiary/aromatic N) is 2. The van der Waals surface area contributed by atoms with Gasteiger partial charge in [0.1, 0.15) is 0 Å². The van der Waals surface area contributed by atoms with Crippen LogP contribution in [-0.4, -0.2) is 40.5 Å². The van der Waals surface area contributed by atoms with Crippen LogP contribution >= 0.6 is 22.6 Å². The number of carbonyl (C=O) groups excluding carboxylic acids is 4. The molecule has 41 heavy (non-hydrogen) atoms. The summed E-state index contributed by atoms with van der Waals surface area (Å²) >= 11 is 1.97. The molecule has 1 aliphatic heterocycles. The Bertz CT molecular complexity index is 1690. The molecule has 6 rings (SSSR count). The number of hydrogen-bond donors (Lipinski definition) is 1. The zero-order chi connectivity index (χ0) is 29.3. The van der Waals surface area contributed by atoms with Crippen molar-refractivity contribution >= 4 is 57.3 Å². The second-order valence-electron chi connectivity index (χ2n) is 10.6. The number of rotatable bonds is 4. The Labute approximate surface area is 247 Å². The number of ether oxygens (including phenoxy) is 1. The van der Waals surface area contributed by atoms with Gasteiger partial charge in [-0.2, -0.15) is 0 Å². The van der Waals surface area contributed by atoms with E-state index < -0.39 is 40.4 Å². The molecule has 0 aromatic heterocycles. The molecule has 10 nitrogen and oxygen atoms in total. The van der Waals surface area contributed by atoms with Gasteiger partial charge in [0.15, 0.2) is 23.1 Å². The number of hydrogen-bond acceptors (Lipinski definition) is 8. The Hall–Kier alpha value is -4.13. The van der Waals surface area contributed by atoms with Crippen molar-refractivity contribution in [2.45, 2.75) is 25.7 Å². The average molecular weight is 666 g/mol. The first-order valence-electron chi connectivity index (χ1n) is 12.9. The Balaban J connectivity index is 1.48. The highest BCUT2D eigenvalue weighted by Crippen LogP contribution is 2.56. The summed E-state index contributed by atoms with van der Waals surface area (Å²) in [4.78, 5) is 66.0. The van der Waals surface area contributed by atoms with Crippen molar-refractivity contribution in [2.75, 3.05) is 12.0 Å². The van der Waals surface area contributed by atoms with Crippen LogP contribution in [-0.2, 0) is 19.2 Å². The van der Waals surface area contributed by atoms with Crippen LogP contribution in [0.25, 0.3) is 0 Å². The molecule has 0 bridgehead atoms. The van der Waals surface area contributed by atoms with Gasteiger partial charge in [-0.25, -0.2) is 0 Å². The first kappa shape index (κ1) is 27.1. The summed E-state index contributed by atoms with van der Waals surface area (Å²) in [6.45, 7) is 1.60. The van der Waals surface area contributed by atoms with Crippen LogP contribution in [0.1, 0.15) is 31.2 Å². The standard InChI is InChI=1S/C30H23IN2O8/c1-13-9-22(34)20-12-19-17(24(26(20)27(13)35)14-10-21(31)28(36)23(11-14)41-2)7-8-18-25(19)30(38)32(29(18)37)15-3-5-16(6-4-15)33(39)40/h3-7,9-11,18-19,24-25,36H,8,12H2,1-2H3. The molecule has 1 N–H and O–H groups in total. The molecule has 0 radical (unpaired) electrons. The number of benzene rings is 2. The number of nitro groups is 1. The zero-order valence-corrected chi connectivity index (χ0v) is 24.1. The summed E-state index contributed by atoms with van der Waals surface area (Å²) in [5.74, 6) is -3.88. The molecule has 4 aliphatic rings. The maximum atomic E-state index is 13.9. The maximum Gasteiger partial charge on any atom is 0.269 e. The van der Waals surface area contributed by atoms with Gasteiger partial charge >= 0.3 is 0 Å². The lowest BCUT2D eigenvalue weighted by molar-refractivity contribution is -0.384. The molecule has 1 saturated heterocycles. The van der Waals surface area contributed by atoms with Crippen molar-refractivity contribution in [1.82, 2.24) is 0 Å². The molecule has 1 heterocycles. The van der Waals surface area contributed by atoms with Gasteiger partial charge < -0.3 is 9.84 Å². The van der Waals surface area contributed by atoms with Gasteiger partial charge in [0.05, 0.1) is 33.1 Å². The van der Waals surface area contributed by atoms with Gasteiger partial charge in [-0.05, 0) is 84.2 Å². The molecule has 208 valence electrons. The number of carbonyl (C=O) groups is 4. The number of phenolic OH excluding ortho intramolecular Hbond substituents is 1. The van der Waals surface area contributed by atoms with Crippen molar-refractivity contribution in [3.05, 3.63) is 90.1 Å². The second kappa shape index (κ2) is 9.75. The number of Topliss-reactive ketones (excluding diaryl/α,β-unsaturated/α-hetero) is 1. The van der Waals surface area contributed by atoms with Gasteiger partial charge in [-0.1, -0.05) is 11.6 Å². The van der Waals surface area contributed by atoms with Crippen molar-refractivity contribution in [2.24, 2.45) is 17.8 Å². The highest BCUT2D eigenvalue weighted by atomic mass is 127. The summed E-state index contributed by atoms with van der Waals surface area (Å²) in [5.41, 5.74) is 2.49. The lowest BCUT2D eigenvalue weighted by Crippen LogP contribution is -2.39. The summed E-state index contributed by atoms with van der Waals surface area (Å²) < 4.78 is 5.88. The topological polar surface area (TPSA) is 144 Å². The number of allylic oxidation sites excluding steroid dienone is 6. The van der Waals surface area contributed by atoms with E-state index in [9.17, 15) is 34.4 Å². The fourth-order valence-corrected chi connectivity index (χ4v) is 7.26. The van der Waals surface area contributed by atoms with Gasteiger partial charge in [-0.3, -0.25) is 34.2 Å². The van der Waals surface area contributed by atoms with Gasteiger partial charge in [-0.15, -0.1) is 0 Å². The molecule has 1 fully saturated rings. The minimum Gasteiger partial charge on any atom is -0.504 e. The molecule has 3 aliphatic carbocycles. The monoisotopic (exact) mass is 666 g/mol. The average Bonchev–Trinajstić information content (AvgIpc) is 3.21. The Morgan fingerprint density at radius 3 is 2.44 bits per heavy atom. The summed E-state index contributed by atoms with van der Waals surface area (Å²) in [5, 5.41) is 21.6. The lowest BCUT2D eigenvalue weighted by atomic mass is 9.59. The van der Waals surface area contributed by atoms with Gasteiger partial charge in [0.2, 0.25) is 11.8 Å². The van der Waals surface area contributed by atoms with Crippen LogP contribution in [0, 0.1) is 31.4 Å². The van der Waals surface area contributed by atoms with E-state index in [0.717, 1.165) is 10.5 Å². The lowest BCUT2D eigenvalue weighted by Gasteiger charge is -2.42. The number of halogens is 1. The van der Waals surface area contributed by atoms with E-state index in [0.29, 0.717) is 25.9 Å². The number of non-ortho nitro benzene ring substituents is 1. The number of aromatic hydroxyl groups is 1. The highest BCUT2D eigenvalue weighted by Gasteiger charge is 2.56. The zero-order valence-electron chi connectivity index (χ0n) is 21.9. The van der Waals surface area contributed by atoms with Crippen molar-refractivity contribution in [3.63, 3.8) is 0 Å². The molecule has 0 saturated carbocycles. The number of fused-ring (bicyclic) bond motifs is 3. The van der Waals surface area contributed by atoms with Crippen LogP contribution in [0.2, 0.25) is 0 Å². The van der Waals surface area contributed by atoms with E-state index >= 15 is 0 Å². The first-order valence-corrected chi connectivity index (χ1v) is 14.0. The SMILES string of the molecule is COc1cc(C2C3=CCC4C(=O)N(c5ccc([N+](=O)[O-])cc5)C(=O)C4C3CC3=C2C(=O)C(C)=CC3=O)cc(I)c1O. The Kier molecular flexibility index (Phi) is 6.44. The quantitative estimate of drug-likeness (QED) is 0.125. The predicted octanol–water partition coefficient (Wildman–Crippen LogP) is 4.55. The van der Waals surface area contributed by atoms with Crippen molar-refractivity contribution in [1.29, 1.82) is 0 Å². The fraction of sp³-hybridized carbons (Fsp3) is 0.267. The number of imide groups is 1. The summed E-state index contributed by atoms with van der Waals surface area (Å²) in [6, 6.07) is 8.63. The molecule has 0 spiro atoms. The van der Waals surface area contributed by atoms with E-state index in [2.05, 4.69) is 0 Å². The minimum atomic E-state index is -0.776. The molecule has 2 aromatic rings. The number of methoxy groups -OCH3 is 1. The van der Waals surface area contributed by atoms with E-state index in [4.69, 9.17) is 4.74 Å². The molecular formula is C30H23IN2O8. The van der Waals surface area contributed by atoms with E-state index in [1.165, 1.54) is 37.5 Å². The summed E-state index contributed by atoms with van der Waals surface area (Å²) in [6.07, 6.45) is 3.61. The third-order valence-corrected chi connectivity index (χ3v) is 9.31. The number of phenols is 1. The Morgan fingerprint density at radius 2 is 1.78 bits per heavy atom. The van der Waals surface area contributed by atoms with Crippen LogP contribution in [0.4, 0.5) is 11.4 Å². The van der Waals surface area contributed by atoms with Crippen LogP contribution < -0.4 is 9.64 Å². The second-order valence-corrected chi connectivity index (χ2v) is 11.7. The van der Waals surface area contributed by atoms with Crippen LogP contribution in [0.15, 0.2) is 70.8 Å². The molecule has 4 unspecified atom stereocenters. The first-order chi connectivity index (χ1) is 19.5. The van der Waals surface area contributed by atoms with E-state index in [1.54, 1.807) is 19.1 Å². The van der Waals surface area contributed by atoms with E-state index in [1.807, 2.05) is 28.7 Å². The molecular weight excluding hydrogens is 643 g/mol. The molecule has 2 aromatic carbocycles. The molecule has 11 heteroatoms. The smallest absolute Gasteiger partial charge is 0.269 e. The fourth-order valence-electron chi connectivity index (χ4n) is 6.63. The summed E-state index contributed by atoms with van der Waals surface area (Å²) in [7, 11) is 1.42. The Morgan fingerprint density at radius 1 is 1.07 bits per heavy atom. The number of nitro benzene ring substituents is 1. The number of ketones is 2. The molecule has 2 amide bonds. The van der Waals surface area contributed by atoms with Gasteiger partial charge in [0, 0.05) is 34.8 Å². The van der Waals surface area contributed by atoms with E-state index in [-0.39, 0.29) is 47.3 Å². The van der Waals surface area contributed by atoms with Gasteiger partial charge in [0.25, 0.3) is 5.69 Å². The van der Waals surface area contributed by atoms with Crippen LogP contribution in [0.5, 0.6) is 11.5 Å². The molecule has 4 atom stereocenters. The third kappa shape index (κ3) is 4.04. The van der Waals surface area contributed by atoms with Crippen LogP contribution in [0.3, 0.4) is 0 Å². The number of anilines is 1. The minimum absolute atomic E-state index is 0.0477. The van der Waals surface area contributed by atoms with Crippen molar-refractivity contribution in [3.8, 4) is 11.5 Å². The normalized spacial score (nSPS) is 25.4.